The van der Waals surface area contributed by atoms with E-state index in [9.17, 15) is 58.8 Å². The fourth-order valence-corrected chi connectivity index (χ4v) is 5.97. The van der Waals surface area contributed by atoms with Crippen LogP contribution in [0.1, 0.15) is 65.2 Å². The lowest BCUT2D eigenvalue weighted by molar-refractivity contribution is -0.142. The molecule has 0 radical (unpaired) electrons. The highest BCUT2D eigenvalue weighted by atomic mass is 16.4. The molecule has 32 heteroatoms. The first-order valence-electron chi connectivity index (χ1n) is 22.0. The second kappa shape index (κ2) is 34.0. The SMILES string of the molecule is CC(C)[C@@H](NC(=O)[C@@H](CCCN=C(N)N)NC(=O)[C@@H](N)CO)C(=O)N[C@H](CO)C(=O)N[C@H](CCCN=C(N)N)C(=O)N[C@@H](CCCN=C(N)N)C(=O)N[C@@H](CO)C(=O)N[C@H](CCCN=C(N)N)C(=O)O. The van der Waals surface area contributed by atoms with Crippen LogP contribution < -0.4 is 88.8 Å². The van der Waals surface area contributed by atoms with E-state index in [1.165, 1.54) is 0 Å². The molecule has 0 aliphatic carbocycles. The van der Waals surface area contributed by atoms with Crippen LogP contribution in [0.15, 0.2) is 20.0 Å². The van der Waals surface area contributed by atoms with Gasteiger partial charge in [0.05, 0.1) is 19.8 Å². The number of aliphatic hydroxyl groups excluding tert-OH is 3. The number of hydrogen-bond acceptors (Lipinski definition) is 16. The first kappa shape index (κ1) is 62.7. The summed E-state index contributed by atoms with van der Waals surface area (Å²) in [6, 6.07) is -12.0. The number of rotatable bonds is 35. The van der Waals surface area contributed by atoms with E-state index >= 15 is 0 Å². The summed E-state index contributed by atoms with van der Waals surface area (Å²) in [5, 5.41) is 56.0. The Labute approximate surface area is 403 Å². The first-order valence-corrected chi connectivity index (χ1v) is 22.0. The largest absolute Gasteiger partial charge is 0.480 e. The number of hydrogen-bond donors (Lipinski definition) is 20. The van der Waals surface area contributed by atoms with E-state index in [2.05, 4.69) is 57.2 Å². The number of nitrogens with zero attached hydrogens (tertiary/aromatic N) is 4. The highest BCUT2D eigenvalue weighted by Gasteiger charge is 2.35. The summed E-state index contributed by atoms with van der Waals surface area (Å²) in [4.78, 5) is 121. The number of aliphatic carboxylic acids is 1. The van der Waals surface area contributed by atoms with E-state index in [0.29, 0.717) is 0 Å². The third-order valence-electron chi connectivity index (χ3n) is 9.71. The number of amides is 7. The smallest absolute Gasteiger partial charge is 0.326 e. The van der Waals surface area contributed by atoms with Gasteiger partial charge in [0, 0.05) is 26.2 Å². The lowest BCUT2D eigenvalue weighted by atomic mass is 10.0. The van der Waals surface area contributed by atoms with Crippen molar-refractivity contribution in [2.45, 2.75) is 114 Å². The number of nitrogens with two attached hydrogens (primary N) is 9. The maximum Gasteiger partial charge on any atom is 0.326 e. The second-order valence-electron chi connectivity index (χ2n) is 15.9. The molecule has 0 unspecified atom stereocenters. The molecule has 0 fully saturated rings. The van der Waals surface area contributed by atoms with Crippen LogP contribution in [0.25, 0.3) is 0 Å². The highest BCUT2D eigenvalue weighted by Crippen LogP contribution is 2.09. The molecule has 0 aromatic heterocycles. The minimum absolute atomic E-state index is 0.0347. The molecular weight excluding hydrogens is 929 g/mol. The minimum Gasteiger partial charge on any atom is -0.480 e. The van der Waals surface area contributed by atoms with Crippen molar-refractivity contribution in [2.24, 2.45) is 77.5 Å². The topological polar surface area (TPSA) is 585 Å². The number of carbonyl (C=O) groups is 8. The molecular formula is C38H74N20O12. The van der Waals surface area contributed by atoms with Gasteiger partial charge in [-0.1, -0.05) is 13.8 Å². The van der Waals surface area contributed by atoms with Crippen LogP contribution >= 0.6 is 0 Å². The van der Waals surface area contributed by atoms with E-state index in [1.807, 2.05) is 0 Å². The molecule has 0 saturated carbocycles. The normalized spacial score (nSPS) is 14.2. The molecule has 398 valence electrons. The van der Waals surface area contributed by atoms with Crippen molar-refractivity contribution in [3.63, 3.8) is 0 Å². The third kappa shape index (κ3) is 26.3. The molecule has 8 atom stereocenters. The zero-order valence-corrected chi connectivity index (χ0v) is 39.3. The molecule has 0 saturated heterocycles. The summed E-state index contributed by atoms with van der Waals surface area (Å²) >= 11 is 0. The average Bonchev–Trinajstić information content (AvgIpc) is 3.28. The van der Waals surface area contributed by atoms with Gasteiger partial charge in [-0.05, 0) is 57.3 Å². The van der Waals surface area contributed by atoms with Gasteiger partial charge >= 0.3 is 5.97 Å². The summed E-state index contributed by atoms with van der Waals surface area (Å²) < 4.78 is 0. The van der Waals surface area contributed by atoms with Gasteiger partial charge in [-0.2, -0.15) is 0 Å². The number of aliphatic imine (C=N–C) groups is 4. The maximum atomic E-state index is 14.0. The zero-order valence-electron chi connectivity index (χ0n) is 39.3. The third-order valence-corrected chi connectivity index (χ3v) is 9.71. The van der Waals surface area contributed by atoms with Crippen molar-refractivity contribution >= 4 is 71.2 Å². The summed E-state index contributed by atoms with van der Waals surface area (Å²) in [5.41, 5.74) is 48.6. The van der Waals surface area contributed by atoms with Gasteiger partial charge in [-0.3, -0.25) is 53.5 Å². The first-order chi connectivity index (χ1) is 32.9. The van der Waals surface area contributed by atoms with Crippen molar-refractivity contribution < 1.29 is 58.8 Å². The van der Waals surface area contributed by atoms with E-state index in [4.69, 9.17) is 51.6 Å². The van der Waals surface area contributed by atoms with Crippen LogP contribution in [0, 0.1) is 5.92 Å². The van der Waals surface area contributed by atoms with Crippen molar-refractivity contribution in [2.75, 3.05) is 46.0 Å². The van der Waals surface area contributed by atoms with Gasteiger partial charge < -0.3 is 109 Å². The van der Waals surface area contributed by atoms with Gasteiger partial charge in [0.15, 0.2) is 23.8 Å². The monoisotopic (exact) mass is 1000 g/mol. The summed E-state index contributed by atoms with van der Waals surface area (Å²) in [7, 11) is 0. The molecule has 0 aromatic rings. The number of aliphatic hydroxyl groups is 3. The number of carboxylic acid groups (broad SMARTS) is 1. The van der Waals surface area contributed by atoms with Crippen molar-refractivity contribution in [3.05, 3.63) is 0 Å². The molecule has 0 bridgehead atoms. The fourth-order valence-electron chi connectivity index (χ4n) is 5.97. The fraction of sp³-hybridized carbons (Fsp3) is 0.684. The maximum absolute atomic E-state index is 14.0. The molecule has 29 N–H and O–H groups in total. The molecule has 0 spiro atoms. The second-order valence-corrected chi connectivity index (χ2v) is 15.9. The summed E-state index contributed by atoms with van der Waals surface area (Å²) in [6.45, 7) is 0.367. The number of guanidine groups is 4. The van der Waals surface area contributed by atoms with Gasteiger partial charge in [0.25, 0.3) is 0 Å². The van der Waals surface area contributed by atoms with Crippen LogP contribution in [0.4, 0.5) is 0 Å². The number of carboxylic acids is 1. The van der Waals surface area contributed by atoms with E-state index < -0.39 is 121 Å². The van der Waals surface area contributed by atoms with Crippen LogP contribution in [-0.4, -0.2) is 186 Å². The van der Waals surface area contributed by atoms with Gasteiger partial charge in [0.2, 0.25) is 41.4 Å². The lowest BCUT2D eigenvalue weighted by Crippen LogP contribution is -2.61. The van der Waals surface area contributed by atoms with Crippen molar-refractivity contribution in [3.8, 4) is 0 Å². The van der Waals surface area contributed by atoms with Gasteiger partial charge in [0.1, 0.15) is 48.3 Å². The van der Waals surface area contributed by atoms with Gasteiger partial charge in [-0.25, -0.2) is 4.79 Å². The summed E-state index contributed by atoms with van der Waals surface area (Å²) in [5.74, 6) is -10.0. The van der Waals surface area contributed by atoms with Crippen LogP contribution in [0.5, 0.6) is 0 Å². The number of nitrogens with one attached hydrogen (secondary N) is 7. The number of carbonyl (C=O) groups excluding carboxylic acids is 7. The van der Waals surface area contributed by atoms with E-state index in [-0.39, 0.29) is 101 Å². The van der Waals surface area contributed by atoms with Gasteiger partial charge in [-0.15, -0.1) is 0 Å². The Kier molecular flexibility index (Phi) is 30.5. The molecule has 70 heavy (non-hydrogen) atoms. The van der Waals surface area contributed by atoms with Crippen LogP contribution in [0.2, 0.25) is 0 Å². The Morgan fingerprint density at radius 3 is 0.971 bits per heavy atom. The van der Waals surface area contributed by atoms with E-state index in [1.54, 1.807) is 13.8 Å². The Morgan fingerprint density at radius 1 is 0.400 bits per heavy atom. The summed E-state index contributed by atoms with van der Waals surface area (Å²) in [6.07, 6.45) is -0.156. The Bertz CT molecular complexity index is 1840. The molecule has 0 heterocycles. The zero-order chi connectivity index (χ0) is 53.5. The Morgan fingerprint density at radius 2 is 0.671 bits per heavy atom. The van der Waals surface area contributed by atoms with Crippen molar-refractivity contribution in [1.29, 1.82) is 0 Å². The average molecular weight is 1000 g/mol. The minimum atomic E-state index is -1.75. The van der Waals surface area contributed by atoms with Crippen molar-refractivity contribution in [1.82, 2.24) is 37.2 Å². The lowest BCUT2D eigenvalue weighted by Gasteiger charge is -2.28. The molecule has 0 aromatic carbocycles. The molecule has 0 aliphatic heterocycles. The predicted octanol–water partition coefficient (Wildman–Crippen LogP) is -10.4. The Hall–Kier alpha value is -7.32. The quantitative estimate of drug-likeness (QED) is 0.0159. The highest BCUT2D eigenvalue weighted by molar-refractivity contribution is 5.97. The molecule has 32 nitrogen and oxygen atoms in total. The van der Waals surface area contributed by atoms with E-state index in [0.717, 1.165) is 0 Å². The van der Waals surface area contributed by atoms with Crippen LogP contribution in [-0.2, 0) is 38.4 Å². The predicted molar refractivity (Wildman–Crippen MR) is 255 cm³/mol. The molecule has 0 rings (SSSR count). The van der Waals surface area contributed by atoms with Crippen LogP contribution in [0.3, 0.4) is 0 Å². The molecule has 0 aliphatic rings. The molecule has 7 amide bonds. The Balaban J connectivity index is 6.53. The standard InChI is InChI=1S/C38H74N20O12/c1-18(2)26(58-30(65)22(9-5-13-50-37(44)45)52-27(62)19(39)15-59)33(68)57-25(17-61)31(66)54-20(7-3-11-48-35(40)41)28(63)53-21(8-4-12-49-36(42)43)29(64)56-24(16-60)32(67)55-23(34(69)70)10-6-14-51-38(46)47/h18-26,59-61H,3-17,39H2,1-2H3,(H,52,62)(H,53,63)(H,54,66)(H,55,67)(H,56,64)(H,57,68)(H,58,65)(H,69,70)(H4,40,41,48)(H4,42,43,49)(H4,44,45,50)(H4,46,47,51)/t19-,20+,21-,22+,23+,24-,25+,26+/m0/s1.